The Morgan fingerprint density at radius 1 is 1.14 bits per heavy atom. The first kappa shape index (κ1) is 19.3. The van der Waals surface area contributed by atoms with Crippen LogP contribution >= 0.6 is 11.8 Å². The van der Waals surface area contributed by atoms with Crippen LogP contribution in [0.2, 0.25) is 0 Å². The third-order valence-electron chi connectivity index (χ3n) is 4.88. The molecule has 0 atom stereocenters. The van der Waals surface area contributed by atoms with Gasteiger partial charge in [0.2, 0.25) is 11.7 Å². The van der Waals surface area contributed by atoms with Gasteiger partial charge in [-0.05, 0) is 25.1 Å². The standard InChI is InChI=1S/C22H20N2O4S/c1-14-22(15-6-2-3-7-16(15)23-14)18(25)12-28-21(27)10-11-24-17-8-4-5-9-19(17)29-13-20(24)26/h2-9,23H,10-13H2,1H3. The number of hydrogen-bond acceptors (Lipinski definition) is 5. The van der Waals surface area contributed by atoms with Gasteiger partial charge in [0.05, 0.1) is 17.9 Å². The molecule has 6 nitrogen and oxygen atoms in total. The van der Waals surface area contributed by atoms with Gasteiger partial charge in [-0.15, -0.1) is 11.8 Å². The number of aromatic amines is 1. The fraction of sp³-hybridized carbons (Fsp3) is 0.227. The lowest BCUT2D eigenvalue weighted by atomic mass is 10.1. The van der Waals surface area contributed by atoms with Crippen molar-refractivity contribution in [2.45, 2.75) is 18.2 Å². The number of H-pyrrole nitrogens is 1. The summed E-state index contributed by atoms with van der Waals surface area (Å²) in [5.41, 5.74) is 2.98. The molecule has 1 aromatic heterocycles. The third kappa shape index (κ3) is 3.91. The number of aromatic nitrogens is 1. The monoisotopic (exact) mass is 408 g/mol. The Kier molecular flexibility index (Phi) is 5.40. The van der Waals surface area contributed by atoms with Crippen LogP contribution in [0.15, 0.2) is 53.4 Å². The maximum Gasteiger partial charge on any atom is 0.308 e. The van der Waals surface area contributed by atoms with Crippen molar-refractivity contribution in [3.05, 3.63) is 59.8 Å². The van der Waals surface area contributed by atoms with Crippen LogP contribution in [0.5, 0.6) is 0 Å². The van der Waals surface area contributed by atoms with Crippen LogP contribution in [0, 0.1) is 6.92 Å². The van der Waals surface area contributed by atoms with Crippen LogP contribution in [0.25, 0.3) is 10.9 Å². The first-order chi connectivity index (χ1) is 14.0. The number of aryl methyl sites for hydroxylation is 1. The van der Waals surface area contributed by atoms with E-state index in [-0.39, 0.29) is 31.3 Å². The number of benzene rings is 2. The number of amides is 1. The van der Waals surface area contributed by atoms with Crippen molar-refractivity contribution >= 4 is 46.0 Å². The van der Waals surface area contributed by atoms with E-state index in [4.69, 9.17) is 4.74 Å². The van der Waals surface area contributed by atoms with Gasteiger partial charge in [0.1, 0.15) is 0 Å². The summed E-state index contributed by atoms with van der Waals surface area (Å²) in [7, 11) is 0. The van der Waals surface area contributed by atoms with Crippen LogP contribution in [-0.2, 0) is 14.3 Å². The summed E-state index contributed by atoms with van der Waals surface area (Å²) in [6.07, 6.45) is 0.0326. The highest BCUT2D eigenvalue weighted by Crippen LogP contribution is 2.34. The molecular formula is C22H20N2O4S. The molecule has 1 amide bonds. The molecule has 0 radical (unpaired) electrons. The van der Waals surface area contributed by atoms with Crippen molar-refractivity contribution < 1.29 is 19.1 Å². The van der Waals surface area contributed by atoms with E-state index < -0.39 is 5.97 Å². The second-order valence-corrected chi connectivity index (χ2v) is 7.82. The van der Waals surface area contributed by atoms with Gasteiger partial charge in [-0.1, -0.05) is 30.3 Å². The molecule has 0 bridgehead atoms. The first-order valence-corrected chi connectivity index (χ1v) is 10.3. The number of Topliss-reactive ketones (excluding diaryl/α,β-unsaturated/α-hetero) is 1. The summed E-state index contributed by atoms with van der Waals surface area (Å²) in [6.45, 7) is 1.74. The van der Waals surface area contributed by atoms with Crippen LogP contribution < -0.4 is 4.90 Å². The highest BCUT2D eigenvalue weighted by atomic mass is 32.2. The zero-order valence-corrected chi connectivity index (χ0v) is 16.8. The summed E-state index contributed by atoms with van der Waals surface area (Å²) in [4.78, 5) is 42.9. The summed E-state index contributed by atoms with van der Waals surface area (Å²) >= 11 is 1.49. The molecule has 148 valence electrons. The normalized spacial score (nSPS) is 13.4. The van der Waals surface area contributed by atoms with Gasteiger partial charge in [0, 0.05) is 33.6 Å². The Morgan fingerprint density at radius 2 is 1.90 bits per heavy atom. The maximum atomic E-state index is 12.6. The van der Waals surface area contributed by atoms with Gasteiger partial charge in [0.25, 0.3) is 0 Å². The summed E-state index contributed by atoms with van der Waals surface area (Å²) in [5, 5.41) is 0.819. The van der Waals surface area contributed by atoms with E-state index in [9.17, 15) is 14.4 Å². The van der Waals surface area contributed by atoms with Gasteiger partial charge in [-0.25, -0.2) is 0 Å². The minimum Gasteiger partial charge on any atom is -0.457 e. The minimum atomic E-state index is -0.501. The molecule has 1 N–H and O–H groups in total. The molecule has 3 aromatic rings. The third-order valence-corrected chi connectivity index (χ3v) is 5.93. The molecule has 4 rings (SSSR count). The Morgan fingerprint density at radius 3 is 2.76 bits per heavy atom. The molecular weight excluding hydrogens is 388 g/mol. The predicted molar refractivity (Wildman–Crippen MR) is 112 cm³/mol. The Hall–Kier alpha value is -3.06. The number of ether oxygens (including phenoxy) is 1. The van der Waals surface area contributed by atoms with Crippen LogP contribution in [-0.4, -0.2) is 41.5 Å². The number of carbonyl (C=O) groups excluding carboxylic acids is 3. The highest BCUT2D eigenvalue weighted by molar-refractivity contribution is 8.00. The zero-order chi connectivity index (χ0) is 20.4. The molecule has 1 aliphatic heterocycles. The molecule has 0 saturated heterocycles. The number of anilines is 1. The van der Waals surface area contributed by atoms with E-state index in [0.717, 1.165) is 27.2 Å². The number of rotatable bonds is 6. The number of para-hydroxylation sites is 2. The van der Waals surface area contributed by atoms with Crippen molar-refractivity contribution in [2.24, 2.45) is 0 Å². The molecule has 2 heterocycles. The lowest BCUT2D eigenvalue weighted by Crippen LogP contribution is -2.37. The molecule has 29 heavy (non-hydrogen) atoms. The summed E-state index contributed by atoms with van der Waals surface area (Å²) in [5.74, 6) is -0.430. The number of nitrogens with one attached hydrogen (secondary N) is 1. The average molecular weight is 408 g/mol. The zero-order valence-electron chi connectivity index (χ0n) is 15.9. The number of ketones is 1. The predicted octanol–water partition coefficient (Wildman–Crippen LogP) is 3.73. The van der Waals surface area contributed by atoms with E-state index in [1.165, 1.54) is 11.8 Å². The van der Waals surface area contributed by atoms with Crippen LogP contribution in [0.3, 0.4) is 0 Å². The molecule has 0 fully saturated rings. The van der Waals surface area contributed by atoms with Gasteiger partial charge >= 0.3 is 5.97 Å². The van der Waals surface area contributed by atoms with E-state index in [1.807, 2.05) is 55.5 Å². The van der Waals surface area contributed by atoms with Crippen molar-refractivity contribution in [1.82, 2.24) is 4.98 Å². The second kappa shape index (κ2) is 8.13. The number of nitrogens with zero attached hydrogens (tertiary/aromatic N) is 1. The smallest absolute Gasteiger partial charge is 0.308 e. The number of carbonyl (C=O) groups is 3. The second-order valence-electron chi connectivity index (χ2n) is 6.81. The molecule has 0 saturated carbocycles. The van der Waals surface area contributed by atoms with E-state index in [2.05, 4.69) is 4.98 Å². The number of thioether (sulfide) groups is 1. The Labute approximate surface area is 172 Å². The van der Waals surface area contributed by atoms with Crippen molar-refractivity contribution in [3.63, 3.8) is 0 Å². The molecule has 7 heteroatoms. The minimum absolute atomic E-state index is 0.0326. The van der Waals surface area contributed by atoms with Crippen molar-refractivity contribution in [2.75, 3.05) is 23.8 Å². The lowest BCUT2D eigenvalue weighted by molar-refractivity contribution is -0.142. The fourth-order valence-corrected chi connectivity index (χ4v) is 4.46. The van der Waals surface area contributed by atoms with Crippen LogP contribution in [0.4, 0.5) is 5.69 Å². The Balaban J connectivity index is 1.36. The van der Waals surface area contributed by atoms with Gasteiger partial charge < -0.3 is 14.6 Å². The lowest BCUT2D eigenvalue weighted by Gasteiger charge is -2.28. The van der Waals surface area contributed by atoms with Crippen molar-refractivity contribution in [3.8, 4) is 0 Å². The van der Waals surface area contributed by atoms with Gasteiger partial charge in [-0.2, -0.15) is 0 Å². The van der Waals surface area contributed by atoms with Gasteiger partial charge in [0.15, 0.2) is 6.61 Å². The average Bonchev–Trinajstić information content (AvgIpc) is 3.07. The largest absolute Gasteiger partial charge is 0.457 e. The van der Waals surface area contributed by atoms with Gasteiger partial charge in [-0.3, -0.25) is 14.4 Å². The molecule has 0 unspecified atom stereocenters. The topological polar surface area (TPSA) is 79.5 Å². The molecule has 0 aliphatic carbocycles. The number of esters is 1. The summed E-state index contributed by atoms with van der Waals surface area (Å²) in [6, 6.07) is 15.1. The van der Waals surface area contributed by atoms with E-state index in [0.29, 0.717) is 11.3 Å². The molecule has 2 aromatic carbocycles. The first-order valence-electron chi connectivity index (χ1n) is 9.33. The van der Waals surface area contributed by atoms with Crippen molar-refractivity contribution in [1.29, 1.82) is 0 Å². The Bertz CT molecular complexity index is 1110. The number of fused-ring (bicyclic) bond motifs is 2. The fourth-order valence-electron chi connectivity index (χ4n) is 3.53. The SMILES string of the molecule is Cc1[nH]c2ccccc2c1C(=O)COC(=O)CCN1C(=O)CSc2ccccc21. The van der Waals surface area contributed by atoms with E-state index in [1.54, 1.807) is 4.90 Å². The number of hydrogen-bond donors (Lipinski definition) is 1. The summed E-state index contributed by atoms with van der Waals surface area (Å²) < 4.78 is 5.20. The van der Waals surface area contributed by atoms with E-state index >= 15 is 0 Å². The maximum absolute atomic E-state index is 12.6. The quantitative estimate of drug-likeness (QED) is 0.497. The molecule has 1 aliphatic rings. The molecule has 0 spiro atoms. The van der Waals surface area contributed by atoms with Crippen LogP contribution in [0.1, 0.15) is 22.5 Å². The highest BCUT2D eigenvalue weighted by Gasteiger charge is 2.25.